The van der Waals surface area contributed by atoms with Gasteiger partial charge in [0, 0.05) is 11.1 Å². The van der Waals surface area contributed by atoms with Crippen molar-refractivity contribution in [3.05, 3.63) is 33.6 Å². The van der Waals surface area contributed by atoms with Gasteiger partial charge in [0.05, 0.1) is 11.1 Å². The third-order valence-corrected chi connectivity index (χ3v) is 3.35. The number of rotatable bonds is 5. The molecule has 2 atom stereocenters. The van der Waals surface area contributed by atoms with Crippen LogP contribution in [0.4, 0.5) is 4.39 Å². The van der Waals surface area contributed by atoms with Gasteiger partial charge in [-0.05, 0) is 31.0 Å². The van der Waals surface area contributed by atoms with Crippen molar-refractivity contribution >= 4 is 23.2 Å². The SMILES string of the molecule is C#CC(CCC)NC(C)c1cc(F)c(Cl)cc1Cl. The summed E-state index contributed by atoms with van der Waals surface area (Å²) in [6.07, 6.45) is 7.29. The molecule has 98 valence electrons. The van der Waals surface area contributed by atoms with E-state index in [0.29, 0.717) is 10.6 Å². The Balaban J connectivity index is 2.87. The first-order chi connectivity index (χ1) is 8.49. The molecule has 0 aliphatic heterocycles. The van der Waals surface area contributed by atoms with Crippen LogP contribution in [0.15, 0.2) is 12.1 Å². The number of hydrogen-bond acceptors (Lipinski definition) is 1. The van der Waals surface area contributed by atoms with Crippen LogP contribution in [-0.2, 0) is 0 Å². The zero-order valence-electron chi connectivity index (χ0n) is 10.4. The molecule has 0 spiro atoms. The van der Waals surface area contributed by atoms with E-state index in [1.165, 1.54) is 12.1 Å². The smallest absolute Gasteiger partial charge is 0.142 e. The lowest BCUT2D eigenvalue weighted by molar-refractivity contribution is 0.492. The highest BCUT2D eigenvalue weighted by atomic mass is 35.5. The molecule has 1 aromatic carbocycles. The van der Waals surface area contributed by atoms with E-state index in [1.54, 1.807) is 0 Å². The quantitative estimate of drug-likeness (QED) is 0.617. The van der Waals surface area contributed by atoms with Crippen LogP contribution < -0.4 is 5.32 Å². The topological polar surface area (TPSA) is 12.0 Å². The average Bonchev–Trinajstić information content (AvgIpc) is 2.33. The van der Waals surface area contributed by atoms with Gasteiger partial charge in [0.15, 0.2) is 0 Å². The Kier molecular flexibility index (Phi) is 5.95. The second kappa shape index (κ2) is 6.99. The maximum absolute atomic E-state index is 13.4. The molecule has 0 saturated heterocycles. The van der Waals surface area contributed by atoms with Crippen molar-refractivity contribution < 1.29 is 4.39 Å². The first-order valence-electron chi connectivity index (χ1n) is 5.86. The van der Waals surface area contributed by atoms with Crippen LogP contribution in [0.1, 0.15) is 38.3 Å². The van der Waals surface area contributed by atoms with Crippen LogP contribution >= 0.6 is 23.2 Å². The standard InChI is InChI=1S/C14H16Cl2FN/c1-4-6-10(5-2)18-9(3)11-7-14(17)13(16)8-12(11)15/h2,7-10,18H,4,6H2,1,3H3. The molecule has 1 nitrogen and oxygen atoms in total. The minimum absolute atomic E-state index is 0.0259. The Morgan fingerprint density at radius 1 is 1.39 bits per heavy atom. The van der Waals surface area contributed by atoms with Crippen LogP contribution in [0.2, 0.25) is 10.0 Å². The van der Waals surface area contributed by atoms with Gasteiger partial charge >= 0.3 is 0 Å². The summed E-state index contributed by atoms with van der Waals surface area (Å²) in [6, 6.07) is 2.59. The summed E-state index contributed by atoms with van der Waals surface area (Å²) in [5.41, 5.74) is 0.662. The van der Waals surface area contributed by atoms with E-state index in [4.69, 9.17) is 29.6 Å². The number of nitrogens with one attached hydrogen (secondary N) is 1. The minimum Gasteiger partial charge on any atom is -0.297 e. The number of halogens is 3. The highest BCUT2D eigenvalue weighted by molar-refractivity contribution is 6.35. The number of benzene rings is 1. The van der Waals surface area contributed by atoms with Gasteiger partial charge in [-0.25, -0.2) is 4.39 Å². The van der Waals surface area contributed by atoms with Crippen LogP contribution in [0, 0.1) is 18.2 Å². The lowest BCUT2D eigenvalue weighted by Gasteiger charge is -2.20. The fourth-order valence-corrected chi connectivity index (χ4v) is 2.31. The van der Waals surface area contributed by atoms with Crippen LogP contribution in [0.3, 0.4) is 0 Å². The molecule has 0 aliphatic rings. The summed E-state index contributed by atoms with van der Waals surface area (Å²) in [5, 5.41) is 3.71. The molecule has 0 fully saturated rings. The highest BCUT2D eigenvalue weighted by Crippen LogP contribution is 2.28. The Morgan fingerprint density at radius 3 is 2.61 bits per heavy atom. The van der Waals surface area contributed by atoms with Crippen molar-refractivity contribution in [1.29, 1.82) is 0 Å². The molecule has 1 rings (SSSR count). The van der Waals surface area contributed by atoms with E-state index in [9.17, 15) is 4.39 Å². The van der Waals surface area contributed by atoms with Crippen molar-refractivity contribution in [3.63, 3.8) is 0 Å². The zero-order chi connectivity index (χ0) is 13.7. The van der Waals surface area contributed by atoms with E-state index < -0.39 is 5.82 Å². The molecule has 0 aromatic heterocycles. The molecule has 1 N–H and O–H groups in total. The van der Waals surface area contributed by atoms with Gasteiger partial charge in [-0.2, -0.15) is 0 Å². The summed E-state index contributed by atoms with van der Waals surface area (Å²) in [6.45, 7) is 3.96. The van der Waals surface area contributed by atoms with Gasteiger partial charge in [0.1, 0.15) is 5.82 Å². The summed E-state index contributed by atoms with van der Waals surface area (Å²) in [4.78, 5) is 0. The third kappa shape index (κ3) is 3.88. The predicted octanol–water partition coefficient (Wildman–Crippen LogP) is 4.59. The van der Waals surface area contributed by atoms with Crippen molar-refractivity contribution in [3.8, 4) is 12.3 Å². The van der Waals surface area contributed by atoms with Crippen LogP contribution in [0.5, 0.6) is 0 Å². The molecular weight excluding hydrogens is 272 g/mol. The van der Waals surface area contributed by atoms with Gasteiger partial charge in [-0.1, -0.05) is 42.5 Å². The zero-order valence-corrected chi connectivity index (χ0v) is 11.9. The van der Waals surface area contributed by atoms with Gasteiger partial charge in [-0.15, -0.1) is 6.42 Å². The molecule has 18 heavy (non-hydrogen) atoms. The second-order valence-electron chi connectivity index (χ2n) is 4.18. The Morgan fingerprint density at radius 2 is 2.06 bits per heavy atom. The summed E-state index contributed by atoms with van der Waals surface area (Å²) < 4.78 is 13.4. The van der Waals surface area contributed by atoms with E-state index >= 15 is 0 Å². The lowest BCUT2D eigenvalue weighted by Crippen LogP contribution is -2.30. The van der Waals surface area contributed by atoms with E-state index in [-0.39, 0.29) is 17.1 Å². The fourth-order valence-electron chi connectivity index (χ4n) is 1.76. The van der Waals surface area contributed by atoms with Crippen LogP contribution in [0.25, 0.3) is 0 Å². The second-order valence-corrected chi connectivity index (χ2v) is 5.00. The van der Waals surface area contributed by atoms with Crippen molar-refractivity contribution in [1.82, 2.24) is 5.32 Å². The van der Waals surface area contributed by atoms with E-state index in [1.807, 2.05) is 6.92 Å². The molecule has 1 aromatic rings. The molecule has 4 heteroatoms. The summed E-state index contributed by atoms with van der Waals surface area (Å²) >= 11 is 11.7. The molecule has 0 amide bonds. The maximum atomic E-state index is 13.4. The van der Waals surface area contributed by atoms with E-state index in [0.717, 1.165) is 12.8 Å². The maximum Gasteiger partial charge on any atom is 0.142 e. The first kappa shape index (κ1) is 15.3. The van der Waals surface area contributed by atoms with Gasteiger partial charge in [-0.3, -0.25) is 5.32 Å². The molecule has 0 aliphatic carbocycles. The van der Waals surface area contributed by atoms with E-state index in [2.05, 4.69) is 18.2 Å². The minimum atomic E-state index is -0.475. The van der Waals surface area contributed by atoms with Gasteiger partial charge in [0.25, 0.3) is 0 Å². The first-order valence-corrected chi connectivity index (χ1v) is 6.61. The fraction of sp³-hybridized carbons (Fsp3) is 0.429. The molecule has 0 saturated carbocycles. The Bertz CT molecular complexity index is 454. The third-order valence-electron chi connectivity index (χ3n) is 2.74. The van der Waals surface area contributed by atoms with Crippen molar-refractivity contribution in [2.24, 2.45) is 0 Å². The van der Waals surface area contributed by atoms with Crippen molar-refractivity contribution in [2.45, 2.75) is 38.8 Å². The number of hydrogen-bond donors (Lipinski definition) is 1. The summed E-state index contributed by atoms with van der Waals surface area (Å²) in [7, 11) is 0. The monoisotopic (exact) mass is 287 g/mol. The van der Waals surface area contributed by atoms with Crippen LogP contribution in [-0.4, -0.2) is 6.04 Å². The van der Waals surface area contributed by atoms with Crippen molar-refractivity contribution in [2.75, 3.05) is 0 Å². The molecule has 0 radical (unpaired) electrons. The van der Waals surface area contributed by atoms with Gasteiger partial charge in [0.2, 0.25) is 0 Å². The molecule has 2 unspecified atom stereocenters. The normalized spacial score (nSPS) is 14.0. The molecule has 0 heterocycles. The molecule has 0 bridgehead atoms. The number of terminal acetylenes is 1. The highest BCUT2D eigenvalue weighted by Gasteiger charge is 2.15. The Labute approximate surface area is 118 Å². The Hall–Kier alpha value is -0.750. The average molecular weight is 288 g/mol. The largest absolute Gasteiger partial charge is 0.297 e. The van der Waals surface area contributed by atoms with Gasteiger partial charge < -0.3 is 0 Å². The summed E-state index contributed by atoms with van der Waals surface area (Å²) in [5.74, 6) is 2.20. The predicted molar refractivity (Wildman–Crippen MR) is 75.5 cm³/mol. The molecular formula is C14H16Cl2FN. The lowest BCUT2D eigenvalue weighted by atomic mass is 10.1.